The summed E-state index contributed by atoms with van der Waals surface area (Å²) < 4.78 is 10.3. The van der Waals surface area contributed by atoms with Gasteiger partial charge in [0.25, 0.3) is 8.53 Å². The zero-order valence-corrected chi connectivity index (χ0v) is 5.78. The molecule has 1 heterocycles. The fourth-order valence-electron chi connectivity index (χ4n) is 0.520. The summed E-state index contributed by atoms with van der Waals surface area (Å²) in [4.78, 5) is 0. The Bertz CT molecular complexity index is 65.1. The smallest absolute Gasteiger partial charge is 0.255 e. The van der Waals surface area contributed by atoms with E-state index < -0.39 is 8.53 Å². The summed E-state index contributed by atoms with van der Waals surface area (Å²) >= 11 is 0. The van der Waals surface area contributed by atoms with Crippen LogP contribution in [0, 0.1) is 0 Å². The predicted molar refractivity (Wildman–Crippen MR) is 32.5 cm³/mol. The Morgan fingerprint density at radius 2 is 2.00 bits per heavy atom. The molecular formula is C4H10NO2P. The Kier molecular flexibility index (Phi) is 2.70. The molecule has 0 spiro atoms. The van der Waals surface area contributed by atoms with Crippen LogP contribution in [0.25, 0.3) is 0 Å². The molecule has 1 aliphatic rings. The molecule has 0 aromatic heterocycles. The Labute approximate surface area is 50.3 Å². The summed E-state index contributed by atoms with van der Waals surface area (Å²) in [7, 11) is 1.12. The van der Waals surface area contributed by atoms with Crippen LogP contribution in [0.3, 0.4) is 0 Å². The van der Waals surface area contributed by atoms with Gasteiger partial charge in [0, 0.05) is 0 Å². The average molecular weight is 135 g/mol. The molecule has 1 N–H and O–H groups in total. The maximum Gasteiger partial charge on any atom is 0.255 e. The van der Waals surface area contributed by atoms with Crippen molar-refractivity contribution in [1.82, 2.24) is 5.09 Å². The van der Waals surface area contributed by atoms with Gasteiger partial charge in [0.2, 0.25) is 0 Å². The molecule has 8 heavy (non-hydrogen) atoms. The standard InChI is InChI=1S/C4H10NO2P/c1-5-8-6-3-2-4-7-8/h5H,2-4H2,1H3. The quantitative estimate of drug-likeness (QED) is 0.541. The minimum atomic E-state index is -0.720. The Morgan fingerprint density at radius 3 is 2.38 bits per heavy atom. The highest BCUT2D eigenvalue weighted by molar-refractivity contribution is 7.44. The Morgan fingerprint density at radius 1 is 1.38 bits per heavy atom. The molecule has 0 aliphatic carbocycles. The van der Waals surface area contributed by atoms with E-state index in [4.69, 9.17) is 9.05 Å². The minimum absolute atomic E-state index is 0.720. The van der Waals surface area contributed by atoms with Gasteiger partial charge in [-0.05, 0) is 13.5 Å². The van der Waals surface area contributed by atoms with Crippen molar-refractivity contribution in [2.45, 2.75) is 6.42 Å². The van der Waals surface area contributed by atoms with Crippen LogP contribution in [-0.4, -0.2) is 20.3 Å². The van der Waals surface area contributed by atoms with Crippen LogP contribution in [0.15, 0.2) is 0 Å². The summed E-state index contributed by atoms with van der Waals surface area (Å²) in [6.45, 7) is 1.68. The molecule has 0 saturated carbocycles. The molecule has 0 unspecified atom stereocenters. The normalized spacial score (nSPS) is 23.6. The van der Waals surface area contributed by atoms with E-state index >= 15 is 0 Å². The fraction of sp³-hybridized carbons (Fsp3) is 1.00. The average Bonchev–Trinajstić information content (AvgIpc) is 1.90. The lowest BCUT2D eigenvalue weighted by Crippen LogP contribution is -2.12. The monoisotopic (exact) mass is 135 g/mol. The first-order valence-electron chi connectivity index (χ1n) is 2.67. The largest absolute Gasteiger partial charge is 0.322 e. The lowest BCUT2D eigenvalue weighted by atomic mass is 10.5. The molecule has 1 fully saturated rings. The molecule has 3 nitrogen and oxygen atoms in total. The van der Waals surface area contributed by atoms with Crippen molar-refractivity contribution in [3.63, 3.8) is 0 Å². The molecule has 48 valence electrons. The first kappa shape index (κ1) is 6.43. The Hall–Kier alpha value is 0.310. The molecule has 1 rings (SSSR count). The molecule has 0 atom stereocenters. The van der Waals surface area contributed by atoms with Crippen LogP contribution in [0.4, 0.5) is 0 Å². The summed E-state index contributed by atoms with van der Waals surface area (Å²) in [5, 5.41) is 2.92. The summed E-state index contributed by atoms with van der Waals surface area (Å²) in [6, 6.07) is 0. The van der Waals surface area contributed by atoms with E-state index in [1.807, 2.05) is 7.05 Å². The minimum Gasteiger partial charge on any atom is -0.322 e. The van der Waals surface area contributed by atoms with E-state index in [1.54, 1.807) is 0 Å². The van der Waals surface area contributed by atoms with E-state index in [0.29, 0.717) is 0 Å². The van der Waals surface area contributed by atoms with E-state index in [9.17, 15) is 0 Å². The number of hydrogen-bond donors (Lipinski definition) is 1. The fourth-order valence-corrected chi connectivity index (χ4v) is 1.44. The number of rotatable bonds is 1. The van der Waals surface area contributed by atoms with Crippen molar-refractivity contribution in [3.8, 4) is 0 Å². The Balaban J connectivity index is 2.13. The van der Waals surface area contributed by atoms with Crippen molar-refractivity contribution in [3.05, 3.63) is 0 Å². The highest BCUT2D eigenvalue weighted by Gasteiger charge is 2.11. The summed E-state index contributed by atoms with van der Waals surface area (Å²) in [6.07, 6.45) is 1.03. The number of hydrogen-bond acceptors (Lipinski definition) is 3. The van der Waals surface area contributed by atoms with Gasteiger partial charge >= 0.3 is 0 Å². The van der Waals surface area contributed by atoms with Gasteiger partial charge in [0.15, 0.2) is 0 Å². The second-order valence-corrected chi connectivity index (χ2v) is 2.98. The third kappa shape index (κ3) is 1.67. The van der Waals surface area contributed by atoms with E-state index in [1.165, 1.54) is 0 Å². The first-order chi connectivity index (χ1) is 3.93. The van der Waals surface area contributed by atoms with E-state index in [0.717, 1.165) is 19.6 Å². The molecule has 0 radical (unpaired) electrons. The predicted octanol–water partition coefficient (Wildman–Crippen LogP) is 0.870. The van der Waals surface area contributed by atoms with Gasteiger partial charge in [-0.15, -0.1) is 0 Å². The van der Waals surface area contributed by atoms with Gasteiger partial charge < -0.3 is 9.05 Å². The van der Waals surface area contributed by atoms with Gasteiger partial charge in [-0.2, -0.15) is 0 Å². The zero-order chi connectivity index (χ0) is 5.82. The molecule has 0 aromatic rings. The maximum atomic E-state index is 5.16. The SMILES string of the molecule is CNP1OCCCO1. The lowest BCUT2D eigenvalue weighted by Gasteiger charge is -2.19. The van der Waals surface area contributed by atoms with Crippen LogP contribution in [0.2, 0.25) is 0 Å². The topological polar surface area (TPSA) is 30.5 Å². The van der Waals surface area contributed by atoms with Crippen LogP contribution in [0.5, 0.6) is 0 Å². The summed E-state index contributed by atoms with van der Waals surface area (Å²) in [5.74, 6) is 0. The highest BCUT2D eigenvalue weighted by Crippen LogP contribution is 2.35. The maximum absolute atomic E-state index is 5.16. The second kappa shape index (κ2) is 3.36. The van der Waals surface area contributed by atoms with Crippen molar-refractivity contribution in [1.29, 1.82) is 0 Å². The summed E-state index contributed by atoms with van der Waals surface area (Å²) in [5.41, 5.74) is 0. The van der Waals surface area contributed by atoms with Crippen LogP contribution in [-0.2, 0) is 9.05 Å². The van der Waals surface area contributed by atoms with Crippen molar-refractivity contribution >= 4 is 8.53 Å². The van der Waals surface area contributed by atoms with Gasteiger partial charge in [-0.1, -0.05) is 0 Å². The van der Waals surface area contributed by atoms with Crippen molar-refractivity contribution in [2.24, 2.45) is 0 Å². The van der Waals surface area contributed by atoms with Gasteiger partial charge in [-0.25, -0.2) is 0 Å². The number of nitrogens with one attached hydrogen (secondary N) is 1. The van der Waals surface area contributed by atoms with Gasteiger partial charge in [0.1, 0.15) is 0 Å². The second-order valence-electron chi connectivity index (χ2n) is 1.50. The molecule has 0 amide bonds. The van der Waals surface area contributed by atoms with Crippen LogP contribution < -0.4 is 5.09 Å². The van der Waals surface area contributed by atoms with Gasteiger partial charge in [0.05, 0.1) is 13.2 Å². The van der Waals surface area contributed by atoms with E-state index in [2.05, 4.69) is 5.09 Å². The third-order valence-corrected chi connectivity index (χ3v) is 2.09. The van der Waals surface area contributed by atoms with Gasteiger partial charge in [-0.3, -0.25) is 5.09 Å². The van der Waals surface area contributed by atoms with Crippen LogP contribution in [0.1, 0.15) is 6.42 Å². The first-order valence-corrected chi connectivity index (χ1v) is 3.84. The third-order valence-electron chi connectivity index (χ3n) is 0.888. The van der Waals surface area contributed by atoms with E-state index in [-0.39, 0.29) is 0 Å². The lowest BCUT2D eigenvalue weighted by molar-refractivity contribution is 0.177. The zero-order valence-electron chi connectivity index (χ0n) is 4.89. The molecule has 0 bridgehead atoms. The molecular weight excluding hydrogens is 125 g/mol. The molecule has 1 saturated heterocycles. The molecule has 0 aromatic carbocycles. The van der Waals surface area contributed by atoms with Crippen LogP contribution >= 0.6 is 8.53 Å². The van der Waals surface area contributed by atoms with Crippen molar-refractivity contribution < 1.29 is 9.05 Å². The highest BCUT2D eigenvalue weighted by atomic mass is 31.2. The molecule has 4 heteroatoms. The molecule has 1 aliphatic heterocycles. The van der Waals surface area contributed by atoms with Crippen molar-refractivity contribution in [2.75, 3.05) is 20.3 Å².